The van der Waals surface area contributed by atoms with E-state index in [-0.39, 0.29) is 6.10 Å². The van der Waals surface area contributed by atoms with Crippen LogP contribution in [0.5, 0.6) is 5.75 Å². The maximum atomic E-state index is 11.8. The van der Waals surface area contributed by atoms with Crippen LogP contribution >= 0.6 is 0 Å². The van der Waals surface area contributed by atoms with Gasteiger partial charge in [-0.25, -0.2) is 0 Å². The Kier molecular flexibility index (Phi) is 4.69. The molecular weight excluding hydrogens is 318 g/mol. The Labute approximate surface area is 148 Å². The molecule has 5 nitrogen and oxygen atoms in total. The van der Waals surface area contributed by atoms with Crippen LogP contribution in [-0.4, -0.2) is 48.4 Å². The predicted octanol–water partition coefficient (Wildman–Crippen LogP) is 2.93. The van der Waals surface area contributed by atoms with E-state index in [1.54, 1.807) is 0 Å². The third-order valence-electron chi connectivity index (χ3n) is 6.16. The van der Waals surface area contributed by atoms with Crippen molar-refractivity contribution in [3.63, 3.8) is 0 Å². The molecule has 25 heavy (non-hydrogen) atoms. The zero-order valence-corrected chi connectivity index (χ0v) is 14.7. The lowest BCUT2D eigenvalue weighted by atomic mass is 9.81. The Balaban J connectivity index is 1.32. The van der Waals surface area contributed by atoms with Crippen LogP contribution in [0.25, 0.3) is 0 Å². The molecule has 3 atom stereocenters. The van der Waals surface area contributed by atoms with Gasteiger partial charge in [0.05, 0.1) is 11.5 Å². The second kappa shape index (κ2) is 6.96. The summed E-state index contributed by atoms with van der Waals surface area (Å²) >= 11 is 0. The average Bonchev–Trinajstić information content (AvgIpc) is 3.30. The number of carboxylic acid groups (broad SMARTS) is 1. The van der Waals surface area contributed by atoms with E-state index in [1.807, 2.05) is 12.1 Å². The molecule has 1 unspecified atom stereocenters. The highest BCUT2D eigenvalue weighted by Gasteiger charge is 2.54. The standard InChI is InChI=1S/C20H27NO4/c22-19(23)20-9-1-3-16(20)12-21(14-20)11-15-5-7-17(8-6-15)25-13-18-4-2-10-24-18/h5-8,16,18H,1-4,9-14H2,(H,22,23)/t16-,18?,20+/m0/s1. The lowest BCUT2D eigenvalue weighted by Crippen LogP contribution is -2.35. The van der Waals surface area contributed by atoms with Crippen LogP contribution in [0.1, 0.15) is 37.7 Å². The van der Waals surface area contributed by atoms with Gasteiger partial charge in [-0.3, -0.25) is 9.69 Å². The Morgan fingerprint density at radius 2 is 2.12 bits per heavy atom. The molecule has 1 saturated carbocycles. The summed E-state index contributed by atoms with van der Waals surface area (Å²) in [5.41, 5.74) is 0.717. The highest BCUT2D eigenvalue weighted by Crippen LogP contribution is 2.49. The zero-order valence-electron chi connectivity index (χ0n) is 14.7. The molecule has 2 aliphatic heterocycles. The minimum atomic E-state index is -0.602. The molecule has 5 heteroatoms. The maximum absolute atomic E-state index is 11.8. The minimum Gasteiger partial charge on any atom is -0.491 e. The topological polar surface area (TPSA) is 59.0 Å². The van der Waals surface area contributed by atoms with Crippen molar-refractivity contribution < 1.29 is 19.4 Å². The predicted molar refractivity (Wildman–Crippen MR) is 93.6 cm³/mol. The van der Waals surface area contributed by atoms with Crippen molar-refractivity contribution in [2.45, 2.75) is 44.8 Å². The van der Waals surface area contributed by atoms with E-state index in [0.29, 0.717) is 19.1 Å². The second-order valence-electron chi connectivity index (χ2n) is 7.81. The summed E-state index contributed by atoms with van der Waals surface area (Å²) < 4.78 is 11.4. The van der Waals surface area contributed by atoms with Gasteiger partial charge in [-0.2, -0.15) is 0 Å². The third-order valence-corrected chi connectivity index (χ3v) is 6.16. The largest absolute Gasteiger partial charge is 0.491 e. The molecule has 3 fully saturated rings. The third kappa shape index (κ3) is 3.40. The number of aliphatic carboxylic acids is 1. The molecule has 0 radical (unpaired) electrons. The molecule has 0 amide bonds. The Morgan fingerprint density at radius 1 is 1.28 bits per heavy atom. The van der Waals surface area contributed by atoms with E-state index in [4.69, 9.17) is 9.47 Å². The van der Waals surface area contributed by atoms with Gasteiger partial charge in [0.15, 0.2) is 0 Å². The van der Waals surface area contributed by atoms with E-state index in [2.05, 4.69) is 17.0 Å². The summed E-state index contributed by atoms with van der Waals surface area (Å²) in [6.07, 6.45) is 5.39. The number of carboxylic acids is 1. The van der Waals surface area contributed by atoms with Crippen molar-refractivity contribution in [3.8, 4) is 5.75 Å². The maximum Gasteiger partial charge on any atom is 0.311 e. The summed E-state index contributed by atoms with van der Waals surface area (Å²) in [4.78, 5) is 14.1. The number of hydrogen-bond acceptors (Lipinski definition) is 4. The fraction of sp³-hybridized carbons (Fsp3) is 0.650. The molecule has 1 aromatic rings. The molecule has 1 aromatic carbocycles. The molecule has 1 N–H and O–H groups in total. The van der Waals surface area contributed by atoms with Gasteiger partial charge in [0, 0.05) is 26.2 Å². The summed E-state index contributed by atoms with van der Waals surface area (Å²) in [5, 5.41) is 9.69. The van der Waals surface area contributed by atoms with Gasteiger partial charge < -0.3 is 14.6 Å². The van der Waals surface area contributed by atoms with Crippen LogP contribution in [0.3, 0.4) is 0 Å². The number of fused-ring (bicyclic) bond motifs is 1. The summed E-state index contributed by atoms with van der Waals surface area (Å²) in [6, 6.07) is 8.20. The van der Waals surface area contributed by atoms with Crippen LogP contribution in [0.2, 0.25) is 0 Å². The number of nitrogens with zero attached hydrogens (tertiary/aromatic N) is 1. The van der Waals surface area contributed by atoms with Crippen molar-refractivity contribution in [1.82, 2.24) is 4.90 Å². The van der Waals surface area contributed by atoms with Gasteiger partial charge in [-0.05, 0) is 49.3 Å². The fourth-order valence-corrected chi connectivity index (χ4v) is 4.78. The SMILES string of the molecule is O=C(O)[C@@]12CCC[C@H]1CN(Cc1ccc(OCC3CCCO3)cc1)C2. The lowest BCUT2D eigenvalue weighted by Gasteiger charge is -2.23. The monoisotopic (exact) mass is 345 g/mol. The zero-order chi connectivity index (χ0) is 17.3. The molecular formula is C20H27NO4. The number of carbonyl (C=O) groups is 1. The van der Waals surface area contributed by atoms with Gasteiger partial charge in [-0.15, -0.1) is 0 Å². The van der Waals surface area contributed by atoms with Gasteiger partial charge in [0.1, 0.15) is 12.4 Å². The lowest BCUT2D eigenvalue weighted by molar-refractivity contribution is -0.149. The van der Waals surface area contributed by atoms with E-state index < -0.39 is 11.4 Å². The minimum absolute atomic E-state index is 0.232. The number of ether oxygens (including phenoxy) is 2. The van der Waals surface area contributed by atoms with Crippen LogP contribution in [0, 0.1) is 11.3 Å². The number of rotatable bonds is 6. The smallest absolute Gasteiger partial charge is 0.311 e. The first kappa shape index (κ1) is 16.9. The molecule has 0 aromatic heterocycles. The van der Waals surface area contributed by atoms with Gasteiger partial charge in [0.2, 0.25) is 0 Å². The number of likely N-dealkylation sites (tertiary alicyclic amines) is 1. The van der Waals surface area contributed by atoms with Gasteiger partial charge in [0.25, 0.3) is 0 Å². The first-order valence-electron chi connectivity index (χ1n) is 9.45. The first-order chi connectivity index (χ1) is 12.2. The second-order valence-corrected chi connectivity index (χ2v) is 7.81. The normalized spacial score (nSPS) is 32.0. The van der Waals surface area contributed by atoms with Crippen molar-refractivity contribution in [1.29, 1.82) is 0 Å². The Bertz CT molecular complexity index is 611. The van der Waals surface area contributed by atoms with E-state index >= 15 is 0 Å². The van der Waals surface area contributed by atoms with Crippen LogP contribution in [0.15, 0.2) is 24.3 Å². The molecule has 2 heterocycles. The van der Waals surface area contributed by atoms with Crippen LogP contribution < -0.4 is 4.74 Å². The highest BCUT2D eigenvalue weighted by atomic mass is 16.5. The number of hydrogen-bond donors (Lipinski definition) is 1. The Hall–Kier alpha value is -1.59. The van der Waals surface area contributed by atoms with E-state index in [1.165, 1.54) is 5.56 Å². The highest BCUT2D eigenvalue weighted by molar-refractivity contribution is 5.76. The molecule has 1 aliphatic carbocycles. The van der Waals surface area contributed by atoms with Crippen molar-refractivity contribution in [3.05, 3.63) is 29.8 Å². The molecule has 4 rings (SSSR count). The van der Waals surface area contributed by atoms with Crippen molar-refractivity contribution >= 4 is 5.97 Å². The first-order valence-corrected chi connectivity index (χ1v) is 9.45. The molecule has 0 spiro atoms. The van der Waals surface area contributed by atoms with E-state index in [0.717, 1.165) is 57.6 Å². The summed E-state index contributed by atoms with van der Waals surface area (Å²) in [5.74, 6) is 0.592. The summed E-state index contributed by atoms with van der Waals surface area (Å²) in [7, 11) is 0. The van der Waals surface area contributed by atoms with Gasteiger partial charge >= 0.3 is 5.97 Å². The van der Waals surface area contributed by atoms with E-state index in [9.17, 15) is 9.90 Å². The molecule has 0 bridgehead atoms. The van der Waals surface area contributed by atoms with Crippen LogP contribution in [0.4, 0.5) is 0 Å². The van der Waals surface area contributed by atoms with Crippen molar-refractivity contribution in [2.75, 3.05) is 26.3 Å². The summed E-state index contributed by atoms with van der Waals surface area (Å²) in [6.45, 7) is 3.88. The fourth-order valence-electron chi connectivity index (χ4n) is 4.78. The Morgan fingerprint density at radius 3 is 2.80 bits per heavy atom. The van der Waals surface area contributed by atoms with Crippen LogP contribution in [-0.2, 0) is 16.1 Å². The number of benzene rings is 1. The average molecular weight is 345 g/mol. The molecule has 3 aliphatic rings. The molecule has 136 valence electrons. The molecule has 2 saturated heterocycles. The quantitative estimate of drug-likeness (QED) is 0.859. The van der Waals surface area contributed by atoms with Gasteiger partial charge in [-0.1, -0.05) is 18.6 Å². The van der Waals surface area contributed by atoms with Crippen molar-refractivity contribution in [2.24, 2.45) is 11.3 Å².